The lowest BCUT2D eigenvalue weighted by atomic mass is 10.2. The van der Waals surface area contributed by atoms with E-state index in [0.717, 1.165) is 11.3 Å². The van der Waals surface area contributed by atoms with Gasteiger partial charge in [-0.1, -0.05) is 30.3 Å². The molecule has 158 valence electrons. The number of sulfonamides is 1. The van der Waals surface area contributed by atoms with E-state index in [2.05, 4.69) is 15.6 Å². The summed E-state index contributed by atoms with van der Waals surface area (Å²) in [6.07, 6.45) is 2.28. The summed E-state index contributed by atoms with van der Waals surface area (Å²) in [5.74, 6) is 1.05. The van der Waals surface area contributed by atoms with E-state index in [1.165, 1.54) is 18.2 Å². The van der Waals surface area contributed by atoms with E-state index in [0.29, 0.717) is 31.0 Å². The molecule has 1 aromatic heterocycles. The Labute approximate surface area is 174 Å². The van der Waals surface area contributed by atoms with E-state index in [1.807, 2.05) is 12.1 Å². The van der Waals surface area contributed by atoms with Crippen molar-refractivity contribution in [3.8, 4) is 0 Å². The standard InChI is InChI=1S/C21H23FN4O3S/c22-20-6-2-1-4-17(20)15-26-21(24-12-11-18-5-3-13-29-18)25-14-16-7-9-19(10-8-16)30(23,27)28/h1-10,13H,11-12,14-15H2,(H2,23,27,28)(H2,24,25,26). The number of rotatable bonds is 8. The Hall–Kier alpha value is -3.17. The number of nitrogens with zero attached hydrogens (tertiary/aromatic N) is 1. The molecule has 2 aromatic carbocycles. The van der Waals surface area contributed by atoms with Gasteiger partial charge in [0.2, 0.25) is 10.0 Å². The molecule has 7 nitrogen and oxygen atoms in total. The van der Waals surface area contributed by atoms with Crippen LogP contribution in [0.2, 0.25) is 0 Å². The topological polar surface area (TPSA) is 110 Å². The van der Waals surface area contributed by atoms with Gasteiger partial charge >= 0.3 is 0 Å². The number of halogens is 1. The first-order valence-corrected chi connectivity index (χ1v) is 10.9. The van der Waals surface area contributed by atoms with Crippen LogP contribution in [-0.2, 0) is 29.5 Å². The molecule has 4 N–H and O–H groups in total. The molecular formula is C21H23FN4O3S. The molecule has 0 unspecified atom stereocenters. The molecule has 1 heterocycles. The van der Waals surface area contributed by atoms with Crippen molar-refractivity contribution >= 4 is 16.0 Å². The summed E-state index contributed by atoms with van der Waals surface area (Å²) in [6.45, 7) is 1.14. The van der Waals surface area contributed by atoms with Crippen molar-refractivity contribution in [1.82, 2.24) is 10.6 Å². The molecule has 0 aliphatic rings. The molecule has 30 heavy (non-hydrogen) atoms. The minimum atomic E-state index is -3.73. The Morgan fingerprint density at radius 1 is 1.03 bits per heavy atom. The third kappa shape index (κ3) is 6.43. The van der Waals surface area contributed by atoms with Crippen LogP contribution >= 0.6 is 0 Å². The summed E-state index contributed by atoms with van der Waals surface area (Å²) in [6, 6.07) is 16.4. The van der Waals surface area contributed by atoms with Crippen LogP contribution in [-0.4, -0.2) is 20.9 Å². The van der Waals surface area contributed by atoms with Crippen molar-refractivity contribution in [2.75, 3.05) is 6.54 Å². The molecule has 0 saturated heterocycles. The Bertz CT molecular complexity index is 1080. The van der Waals surface area contributed by atoms with Crippen molar-refractivity contribution in [2.24, 2.45) is 10.1 Å². The lowest BCUT2D eigenvalue weighted by molar-refractivity contribution is 0.506. The highest BCUT2D eigenvalue weighted by molar-refractivity contribution is 7.89. The SMILES string of the molecule is NS(=O)(=O)c1ccc(CN=C(NCCc2ccco2)NCc2ccccc2F)cc1. The maximum atomic E-state index is 13.9. The summed E-state index contributed by atoms with van der Waals surface area (Å²) in [5, 5.41) is 11.4. The molecular weight excluding hydrogens is 407 g/mol. The maximum Gasteiger partial charge on any atom is 0.238 e. The Balaban J connectivity index is 1.66. The fourth-order valence-electron chi connectivity index (χ4n) is 2.71. The second kappa shape index (κ2) is 10.0. The zero-order chi connectivity index (χ0) is 21.4. The molecule has 3 rings (SSSR count). The highest BCUT2D eigenvalue weighted by Crippen LogP contribution is 2.10. The Kier molecular flexibility index (Phi) is 7.21. The number of nitrogens with one attached hydrogen (secondary N) is 2. The van der Waals surface area contributed by atoms with Crippen molar-refractivity contribution in [2.45, 2.75) is 24.4 Å². The highest BCUT2D eigenvalue weighted by atomic mass is 32.2. The highest BCUT2D eigenvalue weighted by Gasteiger charge is 2.07. The average molecular weight is 431 g/mol. The second-order valence-corrected chi connectivity index (χ2v) is 8.12. The van der Waals surface area contributed by atoms with Gasteiger partial charge in [0.15, 0.2) is 5.96 Å². The van der Waals surface area contributed by atoms with Crippen LogP contribution < -0.4 is 15.8 Å². The second-order valence-electron chi connectivity index (χ2n) is 6.55. The van der Waals surface area contributed by atoms with Crippen molar-refractivity contribution < 1.29 is 17.2 Å². The summed E-state index contributed by atoms with van der Waals surface area (Å²) in [7, 11) is -3.73. The first kappa shape index (κ1) is 21.5. The number of benzene rings is 2. The summed E-state index contributed by atoms with van der Waals surface area (Å²) in [5.41, 5.74) is 1.33. The summed E-state index contributed by atoms with van der Waals surface area (Å²) < 4.78 is 41.9. The molecule has 0 amide bonds. The van der Waals surface area contributed by atoms with Gasteiger partial charge in [-0.25, -0.2) is 22.9 Å². The molecule has 0 aliphatic heterocycles. The van der Waals surface area contributed by atoms with Crippen molar-refractivity contribution in [1.29, 1.82) is 0 Å². The zero-order valence-corrected chi connectivity index (χ0v) is 17.0. The van der Waals surface area contributed by atoms with E-state index in [-0.39, 0.29) is 17.3 Å². The maximum absolute atomic E-state index is 13.9. The molecule has 9 heteroatoms. The molecule has 0 bridgehead atoms. The number of hydrogen-bond acceptors (Lipinski definition) is 4. The van der Waals surface area contributed by atoms with Crippen LogP contribution in [0.15, 0.2) is 81.2 Å². The number of primary sulfonamides is 1. The number of guanidine groups is 1. The lowest BCUT2D eigenvalue weighted by Gasteiger charge is -2.13. The lowest BCUT2D eigenvalue weighted by Crippen LogP contribution is -2.38. The van der Waals surface area contributed by atoms with Crippen LogP contribution in [0, 0.1) is 5.82 Å². The van der Waals surface area contributed by atoms with Gasteiger partial charge < -0.3 is 15.1 Å². The van der Waals surface area contributed by atoms with Gasteiger partial charge in [-0.15, -0.1) is 0 Å². The number of hydrogen-bond donors (Lipinski definition) is 3. The van der Waals surface area contributed by atoms with Gasteiger partial charge in [-0.2, -0.15) is 0 Å². The average Bonchev–Trinajstić information content (AvgIpc) is 3.24. The molecule has 0 fully saturated rings. The van der Waals surface area contributed by atoms with Crippen LogP contribution in [0.25, 0.3) is 0 Å². The Morgan fingerprint density at radius 2 is 1.80 bits per heavy atom. The van der Waals surface area contributed by atoms with Gasteiger partial charge in [0.1, 0.15) is 11.6 Å². The first-order valence-electron chi connectivity index (χ1n) is 9.31. The van der Waals surface area contributed by atoms with Gasteiger partial charge in [-0.3, -0.25) is 0 Å². The van der Waals surface area contributed by atoms with Crippen molar-refractivity contribution in [3.05, 3.63) is 89.6 Å². The smallest absolute Gasteiger partial charge is 0.238 e. The number of nitrogens with two attached hydrogens (primary N) is 1. The third-order valence-corrected chi connectivity index (χ3v) is 5.25. The molecule has 0 saturated carbocycles. The monoisotopic (exact) mass is 430 g/mol. The fourth-order valence-corrected chi connectivity index (χ4v) is 3.22. The van der Waals surface area contributed by atoms with Gasteiger partial charge in [0.25, 0.3) is 0 Å². The largest absolute Gasteiger partial charge is 0.469 e. The van der Waals surface area contributed by atoms with Crippen LogP contribution in [0.3, 0.4) is 0 Å². The van der Waals surface area contributed by atoms with E-state index in [1.54, 1.807) is 36.6 Å². The van der Waals surface area contributed by atoms with E-state index in [9.17, 15) is 12.8 Å². The van der Waals surface area contributed by atoms with E-state index < -0.39 is 10.0 Å². The van der Waals surface area contributed by atoms with Gasteiger partial charge in [0, 0.05) is 25.1 Å². The third-order valence-electron chi connectivity index (χ3n) is 4.32. The number of furan rings is 1. The first-order chi connectivity index (χ1) is 14.4. The summed E-state index contributed by atoms with van der Waals surface area (Å²) >= 11 is 0. The molecule has 0 aliphatic carbocycles. The number of aliphatic imine (C=N–C) groups is 1. The van der Waals surface area contributed by atoms with Crippen LogP contribution in [0.4, 0.5) is 4.39 Å². The quantitative estimate of drug-likeness (QED) is 0.376. The molecule has 0 spiro atoms. The normalized spacial score (nSPS) is 12.0. The fraction of sp³-hybridized carbons (Fsp3) is 0.190. The van der Waals surface area contributed by atoms with Crippen LogP contribution in [0.5, 0.6) is 0 Å². The molecule has 0 atom stereocenters. The molecule has 0 radical (unpaired) electrons. The zero-order valence-electron chi connectivity index (χ0n) is 16.2. The predicted molar refractivity (Wildman–Crippen MR) is 113 cm³/mol. The predicted octanol–water partition coefficient (Wildman–Crippen LogP) is 2.54. The summed E-state index contributed by atoms with van der Waals surface area (Å²) in [4.78, 5) is 4.56. The minimum absolute atomic E-state index is 0.0460. The van der Waals surface area contributed by atoms with E-state index in [4.69, 9.17) is 9.56 Å². The van der Waals surface area contributed by atoms with Gasteiger partial charge in [-0.05, 0) is 35.9 Å². The van der Waals surface area contributed by atoms with E-state index >= 15 is 0 Å². The van der Waals surface area contributed by atoms with Crippen LogP contribution in [0.1, 0.15) is 16.9 Å². The van der Waals surface area contributed by atoms with Gasteiger partial charge in [0.05, 0.1) is 17.7 Å². The molecule has 3 aromatic rings. The van der Waals surface area contributed by atoms with Crippen molar-refractivity contribution in [3.63, 3.8) is 0 Å². The Morgan fingerprint density at radius 3 is 2.47 bits per heavy atom. The minimum Gasteiger partial charge on any atom is -0.469 e.